The lowest BCUT2D eigenvalue weighted by Crippen LogP contribution is -2.43. The van der Waals surface area contributed by atoms with Crippen molar-refractivity contribution in [2.75, 3.05) is 31.2 Å². The normalized spacial score (nSPS) is 27.2. The van der Waals surface area contributed by atoms with Crippen molar-refractivity contribution < 1.29 is 9.53 Å². The SMILES string of the molecule is O=C(NCc1ccnc(N2CCOCC2)c1)C1CC(C2CC2)NN1. The molecular formula is C17H25N5O2. The molecule has 4 rings (SSSR count). The van der Waals surface area contributed by atoms with E-state index in [1.807, 2.05) is 12.3 Å². The molecule has 1 aromatic heterocycles. The zero-order valence-corrected chi connectivity index (χ0v) is 13.8. The third-order valence-electron chi connectivity index (χ3n) is 5.05. The minimum atomic E-state index is -0.129. The summed E-state index contributed by atoms with van der Waals surface area (Å²) in [7, 11) is 0. The number of rotatable bonds is 5. The number of ether oxygens (including phenoxy) is 1. The van der Waals surface area contributed by atoms with Gasteiger partial charge in [-0.1, -0.05) is 0 Å². The number of carbonyl (C=O) groups excluding carboxylic acids is 1. The maximum absolute atomic E-state index is 12.3. The number of amides is 1. The van der Waals surface area contributed by atoms with Crippen molar-refractivity contribution in [3.05, 3.63) is 23.9 Å². The van der Waals surface area contributed by atoms with Crippen LogP contribution in [0, 0.1) is 5.92 Å². The molecule has 3 fully saturated rings. The van der Waals surface area contributed by atoms with Crippen LogP contribution in [0.2, 0.25) is 0 Å². The highest BCUT2D eigenvalue weighted by Gasteiger charge is 2.38. The molecule has 1 aromatic rings. The Hall–Kier alpha value is -1.70. The second-order valence-electron chi connectivity index (χ2n) is 6.86. The van der Waals surface area contributed by atoms with Crippen LogP contribution >= 0.6 is 0 Å². The predicted molar refractivity (Wildman–Crippen MR) is 90.3 cm³/mol. The van der Waals surface area contributed by atoms with Crippen LogP contribution in [0.25, 0.3) is 0 Å². The summed E-state index contributed by atoms with van der Waals surface area (Å²) in [4.78, 5) is 19.0. The number of hydrogen-bond donors (Lipinski definition) is 3. The summed E-state index contributed by atoms with van der Waals surface area (Å²) >= 11 is 0. The number of carbonyl (C=O) groups is 1. The van der Waals surface area contributed by atoms with E-state index in [1.54, 1.807) is 0 Å². The second-order valence-corrected chi connectivity index (χ2v) is 6.86. The number of aromatic nitrogens is 1. The highest BCUT2D eigenvalue weighted by molar-refractivity contribution is 5.82. The van der Waals surface area contributed by atoms with E-state index in [4.69, 9.17) is 4.74 Å². The Kier molecular flexibility index (Phi) is 4.64. The van der Waals surface area contributed by atoms with Gasteiger partial charge in [-0.3, -0.25) is 10.2 Å². The van der Waals surface area contributed by atoms with E-state index >= 15 is 0 Å². The molecule has 7 nitrogen and oxygen atoms in total. The van der Waals surface area contributed by atoms with Gasteiger partial charge in [-0.25, -0.2) is 10.4 Å². The van der Waals surface area contributed by atoms with Gasteiger partial charge in [-0.2, -0.15) is 0 Å². The Balaban J connectivity index is 1.29. The van der Waals surface area contributed by atoms with Gasteiger partial charge in [-0.05, 0) is 42.9 Å². The van der Waals surface area contributed by atoms with Crippen LogP contribution in [-0.4, -0.2) is 49.3 Å². The van der Waals surface area contributed by atoms with Crippen molar-refractivity contribution in [2.24, 2.45) is 5.92 Å². The number of hydrazine groups is 1. The zero-order valence-electron chi connectivity index (χ0n) is 13.8. The molecule has 2 aliphatic heterocycles. The Morgan fingerprint density at radius 3 is 2.96 bits per heavy atom. The Labute approximate surface area is 142 Å². The first-order chi connectivity index (χ1) is 11.8. The number of nitrogens with one attached hydrogen (secondary N) is 3. The largest absolute Gasteiger partial charge is 0.378 e. The van der Waals surface area contributed by atoms with E-state index in [-0.39, 0.29) is 11.9 Å². The first kappa shape index (κ1) is 15.8. The summed E-state index contributed by atoms with van der Waals surface area (Å²) in [6.07, 6.45) is 5.26. The molecule has 1 amide bonds. The Bertz CT molecular complexity index is 586. The fraction of sp³-hybridized carbons (Fsp3) is 0.647. The fourth-order valence-electron chi connectivity index (χ4n) is 3.41. The number of nitrogens with zero attached hydrogens (tertiary/aromatic N) is 2. The molecule has 130 valence electrons. The summed E-state index contributed by atoms with van der Waals surface area (Å²) in [6.45, 7) is 3.74. The molecule has 7 heteroatoms. The Morgan fingerprint density at radius 1 is 1.33 bits per heavy atom. The maximum atomic E-state index is 12.3. The van der Waals surface area contributed by atoms with Crippen LogP contribution in [-0.2, 0) is 16.1 Å². The summed E-state index contributed by atoms with van der Waals surface area (Å²) in [6, 6.07) is 4.34. The lowest BCUT2D eigenvalue weighted by atomic mass is 10.1. The van der Waals surface area contributed by atoms with Crippen molar-refractivity contribution >= 4 is 11.7 Å². The van der Waals surface area contributed by atoms with Crippen LogP contribution < -0.4 is 21.1 Å². The fourth-order valence-corrected chi connectivity index (χ4v) is 3.41. The smallest absolute Gasteiger partial charge is 0.238 e. The quantitative estimate of drug-likeness (QED) is 0.714. The van der Waals surface area contributed by atoms with Crippen molar-refractivity contribution in [3.63, 3.8) is 0 Å². The molecule has 24 heavy (non-hydrogen) atoms. The molecular weight excluding hydrogens is 306 g/mol. The molecule has 0 radical (unpaired) electrons. The van der Waals surface area contributed by atoms with Crippen LogP contribution in [0.4, 0.5) is 5.82 Å². The molecule has 1 aliphatic carbocycles. The topological polar surface area (TPSA) is 78.5 Å². The van der Waals surface area contributed by atoms with Gasteiger partial charge in [0.15, 0.2) is 0 Å². The summed E-state index contributed by atoms with van der Waals surface area (Å²) < 4.78 is 5.38. The predicted octanol–water partition coefficient (Wildman–Crippen LogP) is 0.180. The third kappa shape index (κ3) is 3.68. The molecule has 3 N–H and O–H groups in total. The lowest BCUT2D eigenvalue weighted by molar-refractivity contribution is -0.123. The van der Waals surface area contributed by atoms with Gasteiger partial charge in [0.25, 0.3) is 0 Å². The first-order valence-electron chi connectivity index (χ1n) is 8.86. The molecule has 0 aromatic carbocycles. The molecule has 3 aliphatic rings. The summed E-state index contributed by atoms with van der Waals surface area (Å²) in [5.41, 5.74) is 7.46. The van der Waals surface area contributed by atoms with Gasteiger partial charge in [-0.15, -0.1) is 0 Å². The molecule has 1 saturated carbocycles. The first-order valence-corrected chi connectivity index (χ1v) is 8.86. The molecule has 2 atom stereocenters. The van der Waals surface area contributed by atoms with Crippen molar-refractivity contribution in [2.45, 2.75) is 37.9 Å². The van der Waals surface area contributed by atoms with Gasteiger partial charge in [0.2, 0.25) is 5.91 Å². The van der Waals surface area contributed by atoms with Gasteiger partial charge >= 0.3 is 0 Å². The lowest BCUT2D eigenvalue weighted by Gasteiger charge is -2.28. The number of morpholine rings is 1. The van der Waals surface area contributed by atoms with Crippen LogP contribution in [0.1, 0.15) is 24.8 Å². The van der Waals surface area contributed by atoms with Crippen molar-refractivity contribution in [1.29, 1.82) is 0 Å². The zero-order chi connectivity index (χ0) is 16.4. The molecule has 3 heterocycles. The molecule has 0 bridgehead atoms. The monoisotopic (exact) mass is 331 g/mol. The standard InChI is InChI=1S/C17H25N5O2/c23-17(15-10-14(20-21-15)13-1-2-13)19-11-12-3-4-18-16(9-12)22-5-7-24-8-6-22/h3-4,9,13-15,20-21H,1-2,5-8,10-11H2,(H,19,23). The van der Waals surface area contributed by atoms with Crippen LogP contribution in [0.5, 0.6) is 0 Å². The van der Waals surface area contributed by atoms with Crippen LogP contribution in [0.3, 0.4) is 0 Å². The van der Waals surface area contributed by atoms with E-state index in [2.05, 4.69) is 32.1 Å². The van der Waals surface area contributed by atoms with Crippen molar-refractivity contribution in [1.82, 2.24) is 21.2 Å². The minimum absolute atomic E-state index is 0.0652. The highest BCUT2D eigenvalue weighted by Crippen LogP contribution is 2.35. The minimum Gasteiger partial charge on any atom is -0.378 e. The number of pyridine rings is 1. The second kappa shape index (κ2) is 7.04. The number of anilines is 1. The van der Waals surface area contributed by atoms with Crippen LogP contribution in [0.15, 0.2) is 18.3 Å². The summed E-state index contributed by atoms with van der Waals surface area (Å²) in [5.74, 6) is 1.78. The van der Waals surface area contributed by atoms with Gasteiger partial charge in [0.05, 0.1) is 13.2 Å². The summed E-state index contributed by atoms with van der Waals surface area (Å²) in [5, 5.41) is 3.04. The van der Waals surface area contributed by atoms with E-state index in [0.717, 1.165) is 50.0 Å². The maximum Gasteiger partial charge on any atom is 0.238 e. The molecule has 2 unspecified atom stereocenters. The molecule has 2 saturated heterocycles. The average molecular weight is 331 g/mol. The number of hydrogen-bond acceptors (Lipinski definition) is 6. The van der Waals surface area contributed by atoms with Crippen molar-refractivity contribution in [3.8, 4) is 0 Å². The van der Waals surface area contributed by atoms with E-state index in [1.165, 1.54) is 12.8 Å². The molecule has 0 spiro atoms. The van der Waals surface area contributed by atoms with Gasteiger partial charge < -0.3 is 15.0 Å². The van der Waals surface area contributed by atoms with E-state index in [0.29, 0.717) is 12.6 Å². The third-order valence-corrected chi connectivity index (χ3v) is 5.05. The van der Waals surface area contributed by atoms with Gasteiger partial charge in [0.1, 0.15) is 11.9 Å². The van der Waals surface area contributed by atoms with E-state index in [9.17, 15) is 4.79 Å². The highest BCUT2D eigenvalue weighted by atomic mass is 16.5. The Morgan fingerprint density at radius 2 is 2.17 bits per heavy atom. The average Bonchev–Trinajstić information content (AvgIpc) is 3.37. The van der Waals surface area contributed by atoms with E-state index < -0.39 is 0 Å². The van der Waals surface area contributed by atoms with Gasteiger partial charge in [0, 0.05) is 31.9 Å².